The van der Waals surface area contributed by atoms with Crippen LogP contribution in [-0.2, 0) is 9.53 Å². The summed E-state index contributed by atoms with van der Waals surface area (Å²) in [6.45, 7) is 4.51. The van der Waals surface area contributed by atoms with Crippen molar-refractivity contribution in [2.45, 2.75) is 26.3 Å². The highest BCUT2D eigenvalue weighted by Crippen LogP contribution is 2.37. The minimum atomic E-state index is -0.473. The zero-order valence-electron chi connectivity index (χ0n) is 17.6. The fraction of sp³-hybridized carbons (Fsp3) is 0.304. The van der Waals surface area contributed by atoms with Crippen LogP contribution in [-0.4, -0.2) is 31.9 Å². The number of methoxy groups -OCH3 is 2. The second-order valence-electron chi connectivity index (χ2n) is 6.80. The van der Waals surface area contributed by atoms with E-state index in [1.807, 2.05) is 67.3 Å². The minimum absolute atomic E-state index is 0.418. The van der Waals surface area contributed by atoms with Gasteiger partial charge in [-0.25, -0.2) is 4.79 Å². The molecule has 0 bridgehead atoms. The fourth-order valence-electron chi connectivity index (χ4n) is 3.45. The molecule has 0 radical (unpaired) electrons. The standard InChI is InChI=1S/C23H26N2O4S/c1-5-13-29-18-12-11-16(14-19(18)27-3)21-20(22(26)28-4)15(2)25(23(30)24-21)17-9-7-6-8-10-17/h6-12,14,21H,5,13H2,1-4H3,(H,24,30). The molecule has 0 fully saturated rings. The lowest BCUT2D eigenvalue weighted by Gasteiger charge is -2.37. The number of rotatable bonds is 7. The lowest BCUT2D eigenvalue weighted by atomic mass is 9.94. The Morgan fingerprint density at radius 3 is 2.50 bits per heavy atom. The molecule has 2 aromatic carbocycles. The molecule has 1 atom stereocenters. The number of hydrogen-bond acceptors (Lipinski definition) is 5. The van der Waals surface area contributed by atoms with E-state index < -0.39 is 12.0 Å². The first-order chi connectivity index (χ1) is 14.5. The maximum atomic E-state index is 12.8. The van der Waals surface area contributed by atoms with Crippen molar-refractivity contribution in [2.24, 2.45) is 0 Å². The molecule has 1 aliphatic heterocycles. The van der Waals surface area contributed by atoms with Crippen LogP contribution in [0.3, 0.4) is 0 Å². The fourth-order valence-corrected chi connectivity index (χ4v) is 3.81. The van der Waals surface area contributed by atoms with Gasteiger partial charge in [-0.15, -0.1) is 0 Å². The van der Waals surface area contributed by atoms with Gasteiger partial charge in [0, 0.05) is 11.4 Å². The summed E-state index contributed by atoms with van der Waals surface area (Å²) in [5, 5.41) is 3.79. The maximum absolute atomic E-state index is 12.8. The topological polar surface area (TPSA) is 60.0 Å². The van der Waals surface area contributed by atoms with Gasteiger partial charge < -0.3 is 19.5 Å². The average Bonchev–Trinajstić information content (AvgIpc) is 2.77. The Labute approximate surface area is 182 Å². The van der Waals surface area contributed by atoms with Crippen molar-refractivity contribution >= 4 is 29.0 Å². The first kappa shape index (κ1) is 21.6. The van der Waals surface area contributed by atoms with Crippen molar-refractivity contribution in [1.82, 2.24) is 5.32 Å². The van der Waals surface area contributed by atoms with Crippen LogP contribution >= 0.6 is 12.2 Å². The molecular formula is C23H26N2O4S. The van der Waals surface area contributed by atoms with Gasteiger partial charge in [0.05, 0.1) is 32.4 Å². The number of anilines is 1. The van der Waals surface area contributed by atoms with Crippen LogP contribution in [0.25, 0.3) is 0 Å². The summed E-state index contributed by atoms with van der Waals surface area (Å²) in [4.78, 5) is 14.6. The molecule has 1 heterocycles. The predicted octanol–water partition coefficient (Wildman–Crippen LogP) is 4.37. The third kappa shape index (κ3) is 4.26. The number of carbonyl (C=O) groups is 1. The molecule has 0 aromatic heterocycles. The number of esters is 1. The van der Waals surface area contributed by atoms with E-state index in [1.54, 1.807) is 7.11 Å². The molecule has 0 saturated carbocycles. The van der Waals surface area contributed by atoms with Gasteiger partial charge >= 0.3 is 5.97 Å². The number of nitrogens with zero attached hydrogens (tertiary/aromatic N) is 1. The van der Waals surface area contributed by atoms with Gasteiger partial charge in [0.15, 0.2) is 16.6 Å². The maximum Gasteiger partial charge on any atom is 0.337 e. The van der Waals surface area contributed by atoms with Crippen molar-refractivity contribution < 1.29 is 19.0 Å². The molecule has 0 saturated heterocycles. The number of benzene rings is 2. The minimum Gasteiger partial charge on any atom is -0.493 e. The van der Waals surface area contributed by atoms with Crippen LogP contribution < -0.4 is 19.7 Å². The Kier molecular flexibility index (Phi) is 6.95. The molecule has 1 unspecified atom stereocenters. The molecule has 0 spiro atoms. The van der Waals surface area contributed by atoms with Gasteiger partial charge in [-0.1, -0.05) is 31.2 Å². The van der Waals surface area contributed by atoms with E-state index in [1.165, 1.54) is 7.11 Å². The van der Waals surface area contributed by atoms with Crippen LogP contribution in [0.1, 0.15) is 31.9 Å². The van der Waals surface area contributed by atoms with E-state index in [4.69, 9.17) is 26.4 Å². The summed E-state index contributed by atoms with van der Waals surface area (Å²) in [6.07, 6.45) is 0.896. The molecule has 1 N–H and O–H groups in total. The number of thiocarbonyl (C=S) groups is 1. The lowest BCUT2D eigenvalue weighted by Crippen LogP contribution is -2.48. The molecule has 2 aromatic rings. The molecule has 0 amide bonds. The van der Waals surface area contributed by atoms with Crippen molar-refractivity contribution in [1.29, 1.82) is 0 Å². The van der Waals surface area contributed by atoms with Gasteiger partial charge in [0.25, 0.3) is 0 Å². The van der Waals surface area contributed by atoms with E-state index >= 15 is 0 Å². The highest BCUT2D eigenvalue weighted by molar-refractivity contribution is 7.80. The van der Waals surface area contributed by atoms with Crippen LogP contribution in [0.15, 0.2) is 59.8 Å². The Balaban J connectivity index is 2.07. The monoisotopic (exact) mass is 426 g/mol. The van der Waals surface area contributed by atoms with Gasteiger partial charge in [0.2, 0.25) is 0 Å². The van der Waals surface area contributed by atoms with Crippen molar-refractivity contribution in [3.8, 4) is 11.5 Å². The third-order valence-electron chi connectivity index (χ3n) is 4.89. The van der Waals surface area contributed by atoms with E-state index in [0.717, 1.165) is 17.7 Å². The average molecular weight is 427 g/mol. The van der Waals surface area contributed by atoms with Crippen LogP contribution in [0.4, 0.5) is 5.69 Å². The van der Waals surface area contributed by atoms with Crippen LogP contribution in [0.2, 0.25) is 0 Å². The summed E-state index contributed by atoms with van der Waals surface area (Å²) in [6, 6.07) is 14.8. The Morgan fingerprint density at radius 1 is 1.13 bits per heavy atom. The van der Waals surface area contributed by atoms with Gasteiger partial charge in [-0.2, -0.15) is 0 Å². The largest absolute Gasteiger partial charge is 0.493 e. The first-order valence-electron chi connectivity index (χ1n) is 9.77. The summed E-state index contributed by atoms with van der Waals surface area (Å²) >= 11 is 5.66. The SMILES string of the molecule is CCCOc1ccc(C2NC(=S)N(c3ccccc3)C(C)=C2C(=O)OC)cc1OC. The normalized spacial score (nSPS) is 16.2. The highest BCUT2D eigenvalue weighted by Gasteiger charge is 2.35. The van der Waals surface area contributed by atoms with Crippen molar-refractivity contribution in [3.05, 3.63) is 65.4 Å². The lowest BCUT2D eigenvalue weighted by molar-refractivity contribution is -0.136. The van der Waals surface area contributed by atoms with Gasteiger partial charge in [-0.3, -0.25) is 4.90 Å². The number of hydrogen-bond donors (Lipinski definition) is 1. The molecule has 1 aliphatic rings. The summed E-state index contributed by atoms with van der Waals surface area (Å²) in [5.74, 6) is 0.840. The summed E-state index contributed by atoms with van der Waals surface area (Å²) in [7, 11) is 2.97. The molecule has 7 heteroatoms. The Bertz CT molecular complexity index is 959. The zero-order valence-corrected chi connectivity index (χ0v) is 18.4. The van der Waals surface area contributed by atoms with E-state index in [0.29, 0.717) is 34.5 Å². The van der Waals surface area contributed by atoms with Crippen LogP contribution in [0, 0.1) is 0 Å². The molecule has 0 aliphatic carbocycles. The molecule has 6 nitrogen and oxygen atoms in total. The number of carbonyl (C=O) groups excluding carboxylic acids is 1. The summed E-state index contributed by atoms with van der Waals surface area (Å²) < 4.78 is 16.4. The second kappa shape index (κ2) is 9.63. The summed E-state index contributed by atoms with van der Waals surface area (Å²) in [5.41, 5.74) is 2.89. The van der Waals surface area contributed by atoms with Crippen molar-refractivity contribution in [2.75, 3.05) is 25.7 Å². The molecule has 158 valence electrons. The highest BCUT2D eigenvalue weighted by atomic mass is 32.1. The number of nitrogens with one attached hydrogen (secondary N) is 1. The number of para-hydroxylation sites is 1. The van der Waals surface area contributed by atoms with Gasteiger partial charge in [-0.05, 0) is 55.4 Å². The van der Waals surface area contributed by atoms with E-state index in [2.05, 4.69) is 5.32 Å². The van der Waals surface area contributed by atoms with Crippen molar-refractivity contribution in [3.63, 3.8) is 0 Å². The molecule has 30 heavy (non-hydrogen) atoms. The third-order valence-corrected chi connectivity index (χ3v) is 5.19. The first-order valence-corrected chi connectivity index (χ1v) is 10.2. The Morgan fingerprint density at radius 2 is 1.87 bits per heavy atom. The van der Waals surface area contributed by atoms with E-state index in [9.17, 15) is 4.79 Å². The zero-order chi connectivity index (χ0) is 21.7. The number of ether oxygens (including phenoxy) is 3. The Hall–Kier alpha value is -3.06. The van der Waals surface area contributed by atoms with Gasteiger partial charge in [0.1, 0.15) is 0 Å². The number of allylic oxidation sites excluding steroid dienone is 1. The quantitative estimate of drug-likeness (QED) is 0.521. The van der Waals surface area contributed by atoms with Crippen LogP contribution in [0.5, 0.6) is 11.5 Å². The molecule has 3 rings (SSSR count). The van der Waals surface area contributed by atoms with E-state index in [-0.39, 0.29) is 0 Å². The smallest absolute Gasteiger partial charge is 0.337 e. The second-order valence-corrected chi connectivity index (χ2v) is 7.19. The molecular weight excluding hydrogens is 400 g/mol. The predicted molar refractivity (Wildman–Crippen MR) is 121 cm³/mol.